The maximum Gasteiger partial charge on any atom is 0.340 e. The van der Waals surface area contributed by atoms with Crippen LogP contribution in [0.15, 0.2) is 83.3 Å². The monoisotopic (exact) mass is 457 g/mol. The smallest absolute Gasteiger partial charge is 0.340 e. The number of aromatic nitrogens is 2. The minimum Gasteiger partial charge on any atom is -0.497 e. The molecular formula is C26H23N3O5. The lowest BCUT2D eigenvalue weighted by atomic mass is 10.1. The first-order chi connectivity index (χ1) is 16.6. The van der Waals surface area contributed by atoms with Gasteiger partial charge in [0.05, 0.1) is 18.4 Å². The summed E-state index contributed by atoms with van der Waals surface area (Å²) in [6.45, 7) is -0.182. The zero-order valence-electron chi connectivity index (χ0n) is 18.6. The van der Waals surface area contributed by atoms with Gasteiger partial charge < -0.3 is 19.2 Å². The number of esters is 1. The Morgan fingerprint density at radius 2 is 1.65 bits per heavy atom. The van der Waals surface area contributed by atoms with Crippen molar-refractivity contribution in [3.05, 3.63) is 95.9 Å². The summed E-state index contributed by atoms with van der Waals surface area (Å²) in [7, 11) is 1.61. The van der Waals surface area contributed by atoms with Crippen LogP contribution >= 0.6 is 0 Å². The van der Waals surface area contributed by atoms with E-state index in [4.69, 9.17) is 13.9 Å². The molecule has 0 saturated heterocycles. The molecule has 1 heterocycles. The third kappa shape index (κ3) is 5.86. The number of ether oxygens (including phenoxy) is 2. The van der Waals surface area contributed by atoms with Crippen molar-refractivity contribution in [3.63, 3.8) is 0 Å². The molecule has 0 aliphatic rings. The van der Waals surface area contributed by atoms with Crippen molar-refractivity contribution < 1.29 is 23.5 Å². The maximum absolute atomic E-state index is 12.7. The molecular weight excluding hydrogens is 434 g/mol. The average Bonchev–Trinajstić information content (AvgIpc) is 3.36. The molecule has 4 rings (SSSR count). The van der Waals surface area contributed by atoms with Crippen LogP contribution in [0.1, 0.15) is 28.2 Å². The summed E-state index contributed by atoms with van der Waals surface area (Å²) in [4.78, 5) is 25.1. The molecule has 0 atom stereocenters. The van der Waals surface area contributed by atoms with Gasteiger partial charge in [-0.2, -0.15) is 0 Å². The maximum atomic E-state index is 12.7. The van der Waals surface area contributed by atoms with Gasteiger partial charge in [-0.05, 0) is 48.4 Å². The molecule has 1 amide bonds. The fourth-order valence-electron chi connectivity index (χ4n) is 3.25. The van der Waals surface area contributed by atoms with Crippen molar-refractivity contribution in [2.45, 2.75) is 19.4 Å². The van der Waals surface area contributed by atoms with Crippen LogP contribution in [0.2, 0.25) is 0 Å². The molecule has 0 unspecified atom stereocenters. The summed E-state index contributed by atoms with van der Waals surface area (Å²) < 4.78 is 16.0. The zero-order chi connectivity index (χ0) is 23.8. The summed E-state index contributed by atoms with van der Waals surface area (Å²) in [5.41, 5.74) is 2.40. The number of amides is 1. The highest BCUT2D eigenvalue weighted by atomic mass is 16.5. The number of methoxy groups -OCH3 is 1. The van der Waals surface area contributed by atoms with Gasteiger partial charge in [0.1, 0.15) is 5.75 Å². The van der Waals surface area contributed by atoms with Crippen LogP contribution in [0.3, 0.4) is 0 Å². The second-order valence-electron chi connectivity index (χ2n) is 7.38. The SMILES string of the molecule is COc1ccc(CCC(=O)Nc2ccccc2C(=O)OCc2nnc(-c3ccccc3)o2)cc1. The van der Waals surface area contributed by atoms with E-state index in [0.29, 0.717) is 18.0 Å². The van der Waals surface area contributed by atoms with Gasteiger partial charge in [-0.1, -0.05) is 42.5 Å². The van der Waals surface area contributed by atoms with Crippen molar-refractivity contribution in [1.29, 1.82) is 0 Å². The first-order valence-corrected chi connectivity index (χ1v) is 10.7. The molecule has 0 radical (unpaired) electrons. The summed E-state index contributed by atoms with van der Waals surface area (Å²) in [6, 6.07) is 23.5. The molecule has 0 aliphatic heterocycles. The van der Waals surface area contributed by atoms with Crippen LogP contribution in [0.5, 0.6) is 5.75 Å². The number of hydrogen-bond donors (Lipinski definition) is 1. The number of rotatable bonds is 9. The Balaban J connectivity index is 1.33. The Labute approximate surface area is 196 Å². The Morgan fingerprint density at radius 3 is 2.41 bits per heavy atom. The van der Waals surface area contributed by atoms with Crippen LogP contribution in [-0.2, 0) is 22.6 Å². The van der Waals surface area contributed by atoms with Crippen LogP contribution < -0.4 is 10.1 Å². The molecule has 1 N–H and O–H groups in total. The Bertz CT molecular complexity index is 1250. The largest absolute Gasteiger partial charge is 0.497 e. The number of carbonyl (C=O) groups is 2. The lowest BCUT2D eigenvalue weighted by Gasteiger charge is -2.10. The van der Waals surface area contributed by atoms with Gasteiger partial charge in [0.15, 0.2) is 6.61 Å². The minimum absolute atomic E-state index is 0.174. The quantitative estimate of drug-likeness (QED) is 0.364. The third-order valence-corrected chi connectivity index (χ3v) is 5.04. The van der Waals surface area contributed by atoms with E-state index in [-0.39, 0.29) is 30.4 Å². The van der Waals surface area contributed by atoms with E-state index < -0.39 is 5.97 Å². The number of hydrogen-bond acceptors (Lipinski definition) is 7. The average molecular weight is 457 g/mol. The molecule has 0 saturated carbocycles. The molecule has 3 aromatic carbocycles. The van der Waals surface area contributed by atoms with Crippen LogP contribution in [0, 0.1) is 0 Å². The van der Waals surface area contributed by atoms with Gasteiger partial charge >= 0.3 is 5.97 Å². The molecule has 8 heteroatoms. The van der Waals surface area contributed by atoms with E-state index in [1.54, 1.807) is 31.4 Å². The number of nitrogens with one attached hydrogen (secondary N) is 1. The highest BCUT2D eigenvalue weighted by Crippen LogP contribution is 2.20. The van der Waals surface area contributed by atoms with Crippen LogP contribution in [-0.4, -0.2) is 29.2 Å². The highest BCUT2D eigenvalue weighted by Gasteiger charge is 2.16. The number of anilines is 1. The van der Waals surface area contributed by atoms with E-state index in [9.17, 15) is 9.59 Å². The highest BCUT2D eigenvalue weighted by molar-refractivity contribution is 6.01. The van der Waals surface area contributed by atoms with Gasteiger partial charge in [0.2, 0.25) is 11.8 Å². The number of para-hydroxylation sites is 1. The summed E-state index contributed by atoms with van der Waals surface area (Å²) in [6.07, 6.45) is 0.823. The van der Waals surface area contributed by atoms with Crippen molar-refractivity contribution in [1.82, 2.24) is 10.2 Å². The Hall–Kier alpha value is -4.46. The summed E-state index contributed by atoms with van der Waals surface area (Å²) in [5.74, 6) is 0.466. The molecule has 1 aromatic heterocycles. The molecule has 0 aliphatic carbocycles. The van der Waals surface area contributed by atoms with E-state index >= 15 is 0 Å². The lowest BCUT2D eigenvalue weighted by molar-refractivity contribution is -0.116. The second-order valence-corrected chi connectivity index (χ2v) is 7.38. The van der Waals surface area contributed by atoms with Crippen molar-refractivity contribution in [3.8, 4) is 17.2 Å². The summed E-state index contributed by atoms with van der Waals surface area (Å²) in [5, 5.41) is 10.7. The van der Waals surface area contributed by atoms with Crippen molar-refractivity contribution in [2.75, 3.05) is 12.4 Å². The topological polar surface area (TPSA) is 104 Å². The predicted octanol–water partition coefficient (Wildman–Crippen LogP) is 4.67. The number of nitrogens with zero attached hydrogens (tertiary/aromatic N) is 2. The number of benzene rings is 3. The predicted molar refractivity (Wildman–Crippen MR) is 125 cm³/mol. The normalized spacial score (nSPS) is 10.5. The van der Waals surface area contributed by atoms with E-state index in [1.165, 1.54) is 0 Å². The van der Waals surface area contributed by atoms with E-state index in [0.717, 1.165) is 16.9 Å². The molecule has 172 valence electrons. The van der Waals surface area contributed by atoms with E-state index in [1.807, 2.05) is 54.6 Å². The second kappa shape index (κ2) is 10.9. The number of carbonyl (C=O) groups excluding carboxylic acids is 2. The summed E-state index contributed by atoms with van der Waals surface area (Å²) >= 11 is 0. The molecule has 34 heavy (non-hydrogen) atoms. The fraction of sp³-hybridized carbons (Fsp3) is 0.154. The fourth-order valence-corrected chi connectivity index (χ4v) is 3.25. The molecule has 0 bridgehead atoms. The molecule has 4 aromatic rings. The zero-order valence-corrected chi connectivity index (χ0v) is 18.6. The standard InChI is InChI=1S/C26H23N3O5/c1-32-20-14-11-18(12-15-20)13-16-23(30)27-22-10-6-5-9-21(22)26(31)33-17-24-28-29-25(34-24)19-7-3-2-4-8-19/h2-12,14-15H,13,16-17H2,1H3,(H,27,30). The van der Waals surface area contributed by atoms with Crippen LogP contribution in [0.4, 0.5) is 5.69 Å². The first-order valence-electron chi connectivity index (χ1n) is 10.7. The van der Waals surface area contributed by atoms with Crippen LogP contribution in [0.25, 0.3) is 11.5 Å². The first kappa shape index (κ1) is 22.7. The molecule has 0 fully saturated rings. The Kier molecular flexibility index (Phi) is 7.29. The van der Waals surface area contributed by atoms with Gasteiger partial charge in [-0.3, -0.25) is 4.79 Å². The minimum atomic E-state index is -0.606. The van der Waals surface area contributed by atoms with Gasteiger partial charge in [-0.15, -0.1) is 10.2 Å². The molecule has 0 spiro atoms. The van der Waals surface area contributed by atoms with Gasteiger partial charge in [-0.25, -0.2) is 4.79 Å². The van der Waals surface area contributed by atoms with Crippen molar-refractivity contribution >= 4 is 17.6 Å². The lowest BCUT2D eigenvalue weighted by Crippen LogP contribution is -2.16. The van der Waals surface area contributed by atoms with E-state index in [2.05, 4.69) is 15.5 Å². The molecule has 8 nitrogen and oxygen atoms in total. The number of aryl methyl sites for hydroxylation is 1. The van der Waals surface area contributed by atoms with Gasteiger partial charge in [0.25, 0.3) is 5.89 Å². The Morgan fingerprint density at radius 1 is 0.912 bits per heavy atom. The third-order valence-electron chi connectivity index (χ3n) is 5.04. The van der Waals surface area contributed by atoms with Crippen molar-refractivity contribution in [2.24, 2.45) is 0 Å². The van der Waals surface area contributed by atoms with Gasteiger partial charge in [0, 0.05) is 12.0 Å².